The van der Waals surface area contributed by atoms with E-state index in [9.17, 15) is 0 Å². The van der Waals surface area contributed by atoms with Crippen LogP contribution in [0.5, 0.6) is 0 Å². The molecule has 1 spiro atoms. The van der Waals surface area contributed by atoms with Crippen molar-refractivity contribution in [1.29, 1.82) is 0 Å². The Balaban J connectivity index is 0.00000225. The first kappa shape index (κ1) is 20.5. The van der Waals surface area contributed by atoms with E-state index in [4.69, 9.17) is 9.15 Å². The Morgan fingerprint density at radius 2 is 2.08 bits per heavy atom. The van der Waals surface area contributed by atoms with Gasteiger partial charge in [-0.15, -0.1) is 24.0 Å². The highest BCUT2D eigenvalue weighted by atomic mass is 127. The number of oxazole rings is 1. The first-order valence-corrected chi connectivity index (χ1v) is 9.10. The van der Waals surface area contributed by atoms with E-state index < -0.39 is 0 Å². The Kier molecular flexibility index (Phi) is 7.13. The summed E-state index contributed by atoms with van der Waals surface area (Å²) in [6.07, 6.45) is 6.59. The topological polar surface area (TPSA) is 71.7 Å². The summed E-state index contributed by atoms with van der Waals surface area (Å²) in [6.45, 7) is 7.33. The van der Waals surface area contributed by atoms with Crippen LogP contribution in [0.2, 0.25) is 0 Å². The van der Waals surface area contributed by atoms with Gasteiger partial charge in [0.1, 0.15) is 5.76 Å². The molecule has 0 radical (unpaired) electrons. The maximum Gasteiger partial charge on any atom is 0.214 e. The van der Waals surface area contributed by atoms with Gasteiger partial charge >= 0.3 is 0 Å². The molecule has 0 amide bonds. The number of hydrogen-bond acceptors (Lipinski definition) is 4. The number of aryl methyl sites for hydroxylation is 2. The molecule has 2 atom stereocenters. The number of ether oxygens (including phenoxy) is 1. The van der Waals surface area contributed by atoms with Crippen molar-refractivity contribution in [3.05, 3.63) is 17.3 Å². The highest BCUT2D eigenvalue weighted by molar-refractivity contribution is 14.0. The third kappa shape index (κ3) is 4.13. The van der Waals surface area contributed by atoms with Gasteiger partial charge < -0.3 is 19.8 Å². The van der Waals surface area contributed by atoms with Crippen molar-refractivity contribution in [3.8, 4) is 0 Å². The molecular weight excluding hydrogens is 431 g/mol. The van der Waals surface area contributed by atoms with E-state index in [0.29, 0.717) is 30.0 Å². The minimum atomic E-state index is 0. The quantitative estimate of drug-likeness (QED) is 0.399. The van der Waals surface area contributed by atoms with Crippen LogP contribution in [0.4, 0.5) is 0 Å². The summed E-state index contributed by atoms with van der Waals surface area (Å²) in [4.78, 5) is 8.77. The fourth-order valence-electron chi connectivity index (χ4n) is 4.22. The first-order chi connectivity index (χ1) is 11.6. The molecule has 0 bridgehead atoms. The van der Waals surface area contributed by atoms with Gasteiger partial charge in [0.2, 0.25) is 5.89 Å². The van der Waals surface area contributed by atoms with Crippen molar-refractivity contribution in [2.45, 2.75) is 71.6 Å². The van der Waals surface area contributed by atoms with E-state index in [0.717, 1.165) is 30.4 Å². The summed E-state index contributed by atoms with van der Waals surface area (Å²) >= 11 is 0. The Morgan fingerprint density at radius 3 is 2.64 bits per heavy atom. The molecule has 1 aromatic rings. The van der Waals surface area contributed by atoms with E-state index in [1.165, 1.54) is 25.7 Å². The molecule has 1 heterocycles. The van der Waals surface area contributed by atoms with Crippen molar-refractivity contribution in [2.75, 3.05) is 13.7 Å². The highest BCUT2D eigenvalue weighted by Gasteiger charge is 2.56. The molecule has 142 valence electrons. The lowest BCUT2D eigenvalue weighted by molar-refractivity contribution is -0.125. The molecule has 2 aliphatic carbocycles. The number of aromatic nitrogens is 1. The zero-order chi connectivity index (χ0) is 17.2. The number of halogens is 1. The van der Waals surface area contributed by atoms with Crippen molar-refractivity contribution in [1.82, 2.24) is 15.6 Å². The van der Waals surface area contributed by atoms with Gasteiger partial charge in [0.05, 0.1) is 18.3 Å². The van der Waals surface area contributed by atoms with Crippen LogP contribution >= 0.6 is 24.0 Å². The van der Waals surface area contributed by atoms with Crippen LogP contribution < -0.4 is 10.6 Å². The molecule has 0 saturated heterocycles. The minimum absolute atomic E-state index is 0. The Morgan fingerprint density at radius 1 is 1.36 bits per heavy atom. The van der Waals surface area contributed by atoms with Crippen LogP contribution in [0, 0.1) is 19.3 Å². The molecule has 25 heavy (non-hydrogen) atoms. The van der Waals surface area contributed by atoms with E-state index in [1.54, 1.807) is 7.05 Å². The van der Waals surface area contributed by atoms with Crippen molar-refractivity contribution in [3.63, 3.8) is 0 Å². The fraction of sp³-hybridized carbons (Fsp3) is 0.778. The standard InChI is InChI=1S/C18H30N4O2.HI/c1-5-23-15-10-14(18(15)8-6-7-9-18)22-17(19-4)20-11-16-21-12(2)13(3)24-16;/h14-15H,5-11H2,1-4H3,(H2,19,20,22);1H. The molecule has 2 aliphatic rings. The van der Waals surface area contributed by atoms with Gasteiger partial charge in [-0.2, -0.15) is 0 Å². The second kappa shape index (κ2) is 8.70. The third-order valence-corrected chi connectivity index (χ3v) is 5.70. The van der Waals surface area contributed by atoms with E-state index >= 15 is 0 Å². The number of nitrogens with one attached hydrogen (secondary N) is 2. The van der Waals surface area contributed by atoms with E-state index in [1.807, 2.05) is 13.8 Å². The Bertz CT molecular complexity index is 576. The van der Waals surface area contributed by atoms with Gasteiger partial charge in [0, 0.05) is 25.1 Å². The van der Waals surface area contributed by atoms with Crippen molar-refractivity contribution in [2.24, 2.45) is 10.4 Å². The molecule has 2 fully saturated rings. The van der Waals surface area contributed by atoms with Crippen LogP contribution in [-0.4, -0.2) is 36.7 Å². The largest absolute Gasteiger partial charge is 0.444 e. The summed E-state index contributed by atoms with van der Waals surface area (Å²) in [5, 5.41) is 6.93. The zero-order valence-electron chi connectivity index (χ0n) is 15.7. The summed E-state index contributed by atoms with van der Waals surface area (Å²) in [7, 11) is 1.81. The number of nitrogens with zero attached hydrogens (tertiary/aromatic N) is 2. The predicted octanol–water partition coefficient (Wildman–Crippen LogP) is 3.31. The van der Waals surface area contributed by atoms with Crippen LogP contribution in [0.1, 0.15) is 56.4 Å². The maximum atomic E-state index is 5.98. The van der Waals surface area contributed by atoms with Gasteiger partial charge in [-0.25, -0.2) is 4.98 Å². The number of guanidine groups is 1. The summed E-state index contributed by atoms with van der Waals surface area (Å²) in [5.41, 5.74) is 1.24. The molecule has 0 aliphatic heterocycles. The first-order valence-electron chi connectivity index (χ1n) is 9.10. The third-order valence-electron chi connectivity index (χ3n) is 5.70. The Hall–Kier alpha value is -0.830. The summed E-state index contributed by atoms with van der Waals surface area (Å²) in [6, 6.07) is 0.441. The maximum absolute atomic E-state index is 5.98. The highest BCUT2D eigenvalue weighted by Crippen LogP contribution is 2.54. The number of aliphatic imine (C=N–C) groups is 1. The molecule has 6 nitrogen and oxygen atoms in total. The monoisotopic (exact) mass is 462 g/mol. The SMILES string of the molecule is CCOC1CC(NC(=NC)NCc2nc(C)c(C)o2)C12CCCC2.I. The minimum Gasteiger partial charge on any atom is -0.444 e. The van der Waals surface area contributed by atoms with E-state index in [2.05, 4.69) is 27.5 Å². The fourth-order valence-corrected chi connectivity index (χ4v) is 4.22. The predicted molar refractivity (Wildman–Crippen MR) is 109 cm³/mol. The molecule has 7 heteroatoms. The smallest absolute Gasteiger partial charge is 0.214 e. The second-order valence-corrected chi connectivity index (χ2v) is 6.99. The number of hydrogen-bond donors (Lipinski definition) is 2. The van der Waals surface area contributed by atoms with Crippen LogP contribution in [0.15, 0.2) is 9.41 Å². The zero-order valence-corrected chi connectivity index (χ0v) is 18.1. The van der Waals surface area contributed by atoms with Crippen LogP contribution in [-0.2, 0) is 11.3 Å². The summed E-state index contributed by atoms with van der Waals surface area (Å²) < 4.78 is 11.6. The van der Waals surface area contributed by atoms with Gasteiger partial charge in [-0.3, -0.25) is 4.99 Å². The van der Waals surface area contributed by atoms with E-state index in [-0.39, 0.29) is 24.0 Å². The molecule has 2 saturated carbocycles. The van der Waals surface area contributed by atoms with Gasteiger partial charge in [0.25, 0.3) is 0 Å². The number of rotatable bonds is 5. The lowest BCUT2D eigenvalue weighted by Crippen LogP contribution is -2.65. The average Bonchev–Trinajstić information content (AvgIpc) is 3.19. The molecule has 1 aromatic heterocycles. The lowest BCUT2D eigenvalue weighted by Gasteiger charge is -2.54. The van der Waals surface area contributed by atoms with Crippen molar-refractivity contribution >= 4 is 29.9 Å². The summed E-state index contributed by atoms with van der Waals surface area (Å²) in [5.74, 6) is 2.39. The molecule has 2 unspecified atom stereocenters. The van der Waals surface area contributed by atoms with Crippen molar-refractivity contribution < 1.29 is 9.15 Å². The van der Waals surface area contributed by atoms with Gasteiger partial charge in [-0.05, 0) is 40.0 Å². The van der Waals surface area contributed by atoms with Crippen LogP contribution in [0.25, 0.3) is 0 Å². The second-order valence-electron chi connectivity index (χ2n) is 6.99. The Labute approximate surface area is 167 Å². The van der Waals surface area contributed by atoms with Gasteiger partial charge in [0.15, 0.2) is 5.96 Å². The van der Waals surface area contributed by atoms with Crippen LogP contribution in [0.3, 0.4) is 0 Å². The molecule has 0 aromatic carbocycles. The average molecular weight is 462 g/mol. The molecule has 2 N–H and O–H groups in total. The molecule has 3 rings (SSSR count). The van der Waals surface area contributed by atoms with Gasteiger partial charge in [-0.1, -0.05) is 12.8 Å². The lowest BCUT2D eigenvalue weighted by atomic mass is 9.60. The molecular formula is C18H31IN4O2. The normalized spacial score (nSPS) is 24.7.